The maximum absolute atomic E-state index is 13.7. The number of phenols is 1. The second-order valence-electron chi connectivity index (χ2n) is 8.14. The fourth-order valence-corrected chi connectivity index (χ4v) is 5.09. The van der Waals surface area contributed by atoms with E-state index in [1.165, 1.54) is 36.2 Å². The van der Waals surface area contributed by atoms with Crippen molar-refractivity contribution in [3.05, 3.63) is 84.5 Å². The van der Waals surface area contributed by atoms with Gasteiger partial charge in [-0.15, -0.1) is 0 Å². The van der Waals surface area contributed by atoms with Gasteiger partial charge in [0.05, 0.1) is 42.2 Å². The first-order valence-corrected chi connectivity index (χ1v) is 12.5. The number of hydrogen-bond acceptors (Lipinski definition) is 9. The van der Waals surface area contributed by atoms with Gasteiger partial charge in [0, 0.05) is 7.11 Å². The van der Waals surface area contributed by atoms with Gasteiger partial charge in [0.1, 0.15) is 12.4 Å². The normalized spacial score (nSPS) is 15.2. The highest BCUT2D eigenvalue weighted by Gasteiger charge is 2.33. The van der Waals surface area contributed by atoms with Gasteiger partial charge in [-0.1, -0.05) is 29.5 Å². The summed E-state index contributed by atoms with van der Waals surface area (Å²) < 4.78 is 23.1. The van der Waals surface area contributed by atoms with E-state index >= 15 is 0 Å². The summed E-state index contributed by atoms with van der Waals surface area (Å²) in [6.45, 7) is 4.48. The van der Waals surface area contributed by atoms with Gasteiger partial charge >= 0.3 is 5.97 Å². The zero-order valence-electron chi connectivity index (χ0n) is 21.0. The average Bonchev–Trinajstić information content (AvgIpc) is 3.19. The molecule has 3 aromatic rings. The standard InChI is InChI=1S/C27H28N2O7S/c1-5-35-19-9-7-18(8-10-19)24-23(26(32)36-13-12-33-3)16(2)28-27-29(24)25(31)22(37-27)15-17-6-11-20(30)21(14-17)34-4/h6-11,14-15,24,30H,5,12-13H2,1-4H3. The van der Waals surface area contributed by atoms with Gasteiger partial charge in [-0.25, -0.2) is 9.79 Å². The number of allylic oxidation sites excluding steroid dienone is 1. The van der Waals surface area contributed by atoms with E-state index in [0.29, 0.717) is 38.7 Å². The first kappa shape index (κ1) is 26.2. The molecule has 0 bridgehead atoms. The number of fused-ring (bicyclic) bond motifs is 1. The largest absolute Gasteiger partial charge is 0.504 e. The van der Waals surface area contributed by atoms with Crippen molar-refractivity contribution in [3.8, 4) is 17.2 Å². The Morgan fingerprint density at radius 3 is 2.59 bits per heavy atom. The molecule has 194 valence electrons. The predicted molar refractivity (Wildman–Crippen MR) is 139 cm³/mol. The van der Waals surface area contributed by atoms with Gasteiger partial charge in [0.25, 0.3) is 5.56 Å². The molecule has 0 aliphatic carbocycles. The lowest BCUT2D eigenvalue weighted by atomic mass is 9.96. The van der Waals surface area contributed by atoms with Crippen molar-refractivity contribution >= 4 is 23.4 Å². The Bertz CT molecular complexity index is 1500. The van der Waals surface area contributed by atoms with Crippen LogP contribution in [-0.4, -0.2) is 49.7 Å². The van der Waals surface area contributed by atoms with Crippen LogP contribution in [0.25, 0.3) is 6.08 Å². The molecule has 9 nitrogen and oxygen atoms in total. The summed E-state index contributed by atoms with van der Waals surface area (Å²) in [5.74, 6) is 0.425. The second-order valence-corrected chi connectivity index (χ2v) is 9.15. The minimum atomic E-state index is -0.738. The molecule has 10 heteroatoms. The lowest BCUT2D eigenvalue weighted by molar-refractivity contribution is -0.140. The first-order valence-electron chi connectivity index (χ1n) is 11.7. The van der Waals surface area contributed by atoms with Crippen LogP contribution in [0.5, 0.6) is 17.2 Å². The second kappa shape index (κ2) is 11.4. The monoisotopic (exact) mass is 524 g/mol. The van der Waals surface area contributed by atoms with Gasteiger partial charge in [-0.05, 0) is 55.3 Å². The zero-order chi connectivity index (χ0) is 26.5. The summed E-state index contributed by atoms with van der Waals surface area (Å²) in [7, 11) is 2.98. The van der Waals surface area contributed by atoms with E-state index < -0.39 is 12.0 Å². The number of carbonyl (C=O) groups is 1. The van der Waals surface area contributed by atoms with Gasteiger partial charge in [0.2, 0.25) is 0 Å². The minimum absolute atomic E-state index is 0.00358. The summed E-state index contributed by atoms with van der Waals surface area (Å²) in [5.41, 5.74) is 1.85. The van der Waals surface area contributed by atoms with E-state index in [1.54, 1.807) is 37.3 Å². The summed E-state index contributed by atoms with van der Waals surface area (Å²) in [6, 6.07) is 11.4. The van der Waals surface area contributed by atoms with Crippen LogP contribution in [0.2, 0.25) is 0 Å². The molecule has 37 heavy (non-hydrogen) atoms. The molecule has 1 atom stereocenters. The van der Waals surface area contributed by atoms with Crippen molar-refractivity contribution in [2.75, 3.05) is 34.0 Å². The average molecular weight is 525 g/mol. The van der Waals surface area contributed by atoms with Crippen molar-refractivity contribution in [2.45, 2.75) is 19.9 Å². The number of methoxy groups -OCH3 is 2. The molecule has 1 aliphatic heterocycles. The van der Waals surface area contributed by atoms with E-state index in [1.807, 2.05) is 19.1 Å². The fraction of sp³-hybridized carbons (Fsp3) is 0.296. The Hall–Kier alpha value is -3.89. The third kappa shape index (κ3) is 5.45. The van der Waals surface area contributed by atoms with E-state index in [2.05, 4.69) is 4.99 Å². The van der Waals surface area contributed by atoms with Crippen LogP contribution in [0.15, 0.2) is 63.5 Å². The summed E-state index contributed by atoms with van der Waals surface area (Å²) >= 11 is 1.22. The van der Waals surface area contributed by atoms with E-state index in [-0.39, 0.29) is 30.1 Å². The number of nitrogens with zero attached hydrogens (tertiary/aromatic N) is 2. The number of aromatic nitrogens is 1. The molecule has 1 aliphatic rings. The molecule has 0 fully saturated rings. The fourth-order valence-electron chi connectivity index (χ4n) is 4.04. The number of carbonyl (C=O) groups excluding carboxylic acids is 1. The van der Waals surface area contributed by atoms with E-state index in [0.717, 1.165) is 5.56 Å². The van der Waals surface area contributed by atoms with Crippen LogP contribution in [0.3, 0.4) is 0 Å². The number of thiazole rings is 1. The molecular weight excluding hydrogens is 496 g/mol. The maximum atomic E-state index is 13.7. The number of ether oxygens (including phenoxy) is 4. The van der Waals surface area contributed by atoms with Gasteiger partial charge < -0.3 is 24.1 Å². The Kier molecular flexibility index (Phi) is 8.10. The molecule has 0 spiro atoms. The van der Waals surface area contributed by atoms with Crippen LogP contribution < -0.4 is 24.4 Å². The number of hydrogen-bond donors (Lipinski definition) is 1. The molecule has 0 saturated carbocycles. The zero-order valence-corrected chi connectivity index (χ0v) is 21.8. The van der Waals surface area contributed by atoms with Gasteiger partial charge in [-0.3, -0.25) is 9.36 Å². The first-order chi connectivity index (χ1) is 17.9. The van der Waals surface area contributed by atoms with Gasteiger partial charge in [0.15, 0.2) is 16.3 Å². The Morgan fingerprint density at radius 1 is 1.16 bits per heavy atom. The predicted octanol–water partition coefficient (Wildman–Crippen LogP) is 2.54. The quantitative estimate of drug-likeness (QED) is 0.339. The third-order valence-corrected chi connectivity index (χ3v) is 6.75. The van der Waals surface area contributed by atoms with Gasteiger partial charge in [-0.2, -0.15) is 0 Å². The highest BCUT2D eigenvalue weighted by Crippen LogP contribution is 2.32. The topological polar surface area (TPSA) is 109 Å². The molecule has 1 unspecified atom stereocenters. The van der Waals surface area contributed by atoms with Crippen molar-refractivity contribution in [1.82, 2.24) is 4.57 Å². The number of aromatic hydroxyl groups is 1. The SMILES string of the molecule is CCOc1ccc(C2C(C(=O)OCCOC)=C(C)N=c3sc(=Cc4ccc(O)c(OC)c4)c(=O)n32)cc1. The van der Waals surface area contributed by atoms with Crippen LogP contribution in [0.4, 0.5) is 0 Å². The Morgan fingerprint density at radius 2 is 1.92 bits per heavy atom. The highest BCUT2D eigenvalue weighted by molar-refractivity contribution is 7.07. The van der Waals surface area contributed by atoms with E-state index in [4.69, 9.17) is 18.9 Å². The van der Waals surface area contributed by atoms with Crippen molar-refractivity contribution < 1.29 is 28.8 Å². The number of esters is 1. The van der Waals surface area contributed by atoms with Crippen molar-refractivity contribution in [1.29, 1.82) is 0 Å². The third-order valence-electron chi connectivity index (χ3n) is 5.77. The van der Waals surface area contributed by atoms with E-state index in [9.17, 15) is 14.7 Å². The molecule has 2 aromatic carbocycles. The van der Waals surface area contributed by atoms with Crippen LogP contribution >= 0.6 is 11.3 Å². The molecular formula is C27H28N2O7S. The lowest BCUT2D eigenvalue weighted by Crippen LogP contribution is -2.40. The number of rotatable bonds is 9. The number of phenolic OH excluding ortho intramolecular Hbond substituents is 1. The molecule has 1 N–H and O–H groups in total. The Balaban J connectivity index is 1.86. The summed E-state index contributed by atoms with van der Waals surface area (Å²) in [6.07, 6.45) is 1.71. The van der Waals surface area contributed by atoms with Crippen LogP contribution in [0, 0.1) is 0 Å². The van der Waals surface area contributed by atoms with Crippen molar-refractivity contribution in [3.63, 3.8) is 0 Å². The van der Waals surface area contributed by atoms with Crippen LogP contribution in [0.1, 0.15) is 31.0 Å². The maximum Gasteiger partial charge on any atom is 0.338 e. The Labute approximate surface area is 217 Å². The molecule has 0 saturated heterocycles. The smallest absolute Gasteiger partial charge is 0.338 e. The lowest BCUT2D eigenvalue weighted by Gasteiger charge is -2.25. The number of benzene rings is 2. The summed E-state index contributed by atoms with van der Waals surface area (Å²) in [4.78, 5) is 31.9. The molecule has 0 radical (unpaired) electrons. The summed E-state index contributed by atoms with van der Waals surface area (Å²) in [5, 5.41) is 9.91. The molecule has 1 aromatic heterocycles. The molecule has 2 heterocycles. The molecule has 4 rings (SSSR count). The highest BCUT2D eigenvalue weighted by atomic mass is 32.1. The molecule has 0 amide bonds. The van der Waals surface area contributed by atoms with Crippen LogP contribution in [-0.2, 0) is 14.3 Å². The van der Waals surface area contributed by atoms with Crippen molar-refractivity contribution in [2.24, 2.45) is 4.99 Å². The minimum Gasteiger partial charge on any atom is -0.504 e.